The highest BCUT2D eigenvalue weighted by atomic mass is 127. The molecule has 0 aromatic heterocycles. The number of benzene rings is 2. The Morgan fingerprint density at radius 1 is 1.00 bits per heavy atom. The minimum Gasteiger partial charge on any atom is -0.391 e. The van der Waals surface area contributed by atoms with Gasteiger partial charge in [0.25, 0.3) is 0 Å². The molecule has 152 valence electrons. The number of halogens is 1. The molecule has 2 aliphatic heterocycles. The number of aliphatic hydroxyl groups excluding tert-OH is 1. The summed E-state index contributed by atoms with van der Waals surface area (Å²) < 4.78 is 1.33. The van der Waals surface area contributed by atoms with Gasteiger partial charge in [-0.3, -0.25) is 9.80 Å². The highest BCUT2D eigenvalue weighted by Gasteiger charge is 2.41. The van der Waals surface area contributed by atoms with Gasteiger partial charge in [-0.05, 0) is 77.7 Å². The van der Waals surface area contributed by atoms with Crippen LogP contribution in [0, 0.1) is 3.57 Å². The van der Waals surface area contributed by atoms with E-state index in [9.17, 15) is 5.11 Å². The molecule has 3 nitrogen and oxygen atoms in total. The van der Waals surface area contributed by atoms with Crippen LogP contribution in [-0.4, -0.2) is 53.2 Å². The lowest BCUT2D eigenvalue weighted by Gasteiger charge is -2.47. The SMILES string of the molecule is OC1CCN(Cc2ccccc2I)CC1N1CCC2(C=Cc3ccccc32)CC1. The molecule has 2 atom stereocenters. The van der Waals surface area contributed by atoms with E-state index in [1.54, 1.807) is 0 Å². The van der Waals surface area contributed by atoms with Gasteiger partial charge in [0, 0.05) is 34.7 Å². The normalized spacial score (nSPS) is 26.7. The lowest BCUT2D eigenvalue weighted by atomic mass is 9.74. The molecule has 0 saturated carbocycles. The maximum atomic E-state index is 10.8. The van der Waals surface area contributed by atoms with E-state index in [0.29, 0.717) is 0 Å². The second-order valence-electron chi connectivity index (χ2n) is 8.86. The quantitative estimate of drug-likeness (QED) is 0.638. The molecule has 4 heteroatoms. The third-order valence-corrected chi connectivity index (χ3v) is 8.27. The maximum absolute atomic E-state index is 10.8. The number of hydrogen-bond donors (Lipinski definition) is 1. The Hall–Kier alpha value is -1.21. The van der Waals surface area contributed by atoms with Crippen LogP contribution in [0.4, 0.5) is 0 Å². The zero-order valence-corrected chi connectivity index (χ0v) is 19.0. The molecular weight excluding hydrogens is 471 g/mol. The highest BCUT2D eigenvalue weighted by molar-refractivity contribution is 14.1. The van der Waals surface area contributed by atoms with Crippen molar-refractivity contribution in [3.05, 3.63) is 74.9 Å². The Balaban J connectivity index is 1.25. The number of fused-ring (bicyclic) bond motifs is 2. The molecule has 1 spiro atoms. The van der Waals surface area contributed by atoms with Gasteiger partial charge in [-0.25, -0.2) is 0 Å². The molecule has 3 aliphatic rings. The van der Waals surface area contributed by atoms with E-state index in [0.717, 1.165) is 52.0 Å². The zero-order chi connectivity index (χ0) is 19.8. The number of nitrogens with zero attached hydrogens (tertiary/aromatic N) is 2. The van der Waals surface area contributed by atoms with Crippen molar-refractivity contribution >= 4 is 28.7 Å². The molecule has 29 heavy (non-hydrogen) atoms. The second kappa shape index (κ2) is 8.14. The van der Waals surface area contributed by atoms with E-state index in [4.69, 9.17) is 0 Å². The van der Waals surface area contributed by atoms with Crippen LogP contribution in [0.1, 0.15) is 36.0 Å². The van der Waals surface area contributed by atoms with Crippen molar-refractivity contribution in [3.63, 3.8) is 0 Å². The summed E-state index contributed by atoms with van der Waals surface area (Å²) in [5.74, 6) is 0. The van der Waals surface area contributed by atoms with Gasteiger partial charge < -0.3 is 5.11 Å². The fraction of sp³-hybridized carbons (Fsp3) is 0.440. The first-order valence-corrected chi connectivity index (χ1v) is 11.9. The highest BCUT2D eigenvalue weighted by Crippen LogP contribution is 2.44. The van der Waals surface area contributed by atoms with Crippen molar-refractivity contribution in [2.45, 2.75) is 43.4 Å². The molecule has 2 fully saturated rings. The van der Waals surface area contributed by atoms with Crippen molar-refractivity contribution in [1.29, 1.82) is 0 Å². The van der Waals surface area contributed by atoms with Crippen LogP contribution in [-0.2, 0) is 12.0 Å². The van der Waals surface area contributed by atoms with Gasteiger partial charge >= 0.3 is 0 Å². The molecule has 2 aromatic rings. The zero-order valence-electron chi connectivity index (χ0n) is 16.8. The lowest BCUT2D eigenvalue weighted by Crippen LogP contribution is -2.57. The van der Waals surface area contributed by atoms with Crippen LogP contribution in [0.25, 0.3) is 6.08 Å². The third-order valence-electron chi connectivity index (χ3n) is 7.22. The average molecular weight is 500 g/mol. The molecule has 2 unspecified atom stereocenters. The first-order chi connectivity index (χ1) is 14.1. The van der Waals surface area contributed by atoms with Crippen molar-refractivity contribution in [1.82, 2.24) is 9.80 Å². The average Bonchev–Trinajstić information content (AvgIpc) is 3.10. The summed E-state index contributed by atoms with van der Waals surface area (Å²) in [6, 6.07) is 17.8. The predicted molar refractivity (Wildman–Crippen MR) is 127 cm³/mol. The predicted octanol–water partition coefficient (Wildman–Crippen LogP) is 4.29. The van der Waals surface area contributed by atoms with Crippen LogP contribution in [0.2, 0.25) is 0 Å². The van der Waals surface area contributed by atoms with Crippen LogP contribution in [0.5, 0.6) is 0 Å². The minimum atomic E-state index is -0.207. The van der Waals surface area contributed by atoms with Crippen molar-refractivity contribution in [2.75, 3.05) is 26.2 Å². The molecule has 1 aliphatic carbocycles. The van der Waals surface area contributed by atoms with Crippen molar-refractivity contribution in [3.8, 4) is 0 Å². The molecular formula is C25H29IN2O. The van der Waals surface area contributed by atoms with Crippen molar-refractivity contribution in [2.24, 2.45) is 0 Å². The Labute approximate surface area is 187 Å². The van der Waals surface area contributed by atoms with E-state index < -0.39 is 0 Å². The van der Waals surface area contributed by atoms with Crippen LogP contribution < -0.4 is 0 Å². The van der Waals surface area contributed by atoms with Crippen LogP contribution in [0.3, 0.4) is 0 Å². The Kier molecular flexibility index (Phi) is 5.54. The number of aliphatic hydroxyl groups is 1. The fourth-order valence-corrected chi connectivity index (χ4v) is 6.04. The number of likely N-dealkylation sites (tertiary alicyclic amines) is 2. The molecule has 0 amide bonds. The largest absolute Gasteiger partial charge is 0.391 e. The Morgan fingerprint density at radius 3 is 2.59 bits per heavy atom. The van der Waals surface area contributed by atoms with Crippen LogP contribution >= 0.6 is 22.6 Å². The third kappa shape index (κ3) is 3.80. The monoisotopic (exact) mass is 500 g/mol. The summed E-state index contributed by atoms with van der Waals surface area (Å²) in [6.07, 6.45) is 7.72. The Morgan fingerprint density at radius 2 is 1.76 bits per heavy atom. The van der Waals surface area contributed by atoms with E-state index in [-0.39, 0.29) is 17.6 Å². The van der Waals surface area contributed by atoms with Crippen molar-refractivity contribution < 1.29 is 5.11 Å². The molecule has 2 heterocycles. The maximum Gasteiger partial charge on any atom is 0.0720 e. The van der Waals surface area contributed by atoms with Crippen LogP contribution in [0.15, 0.2) is 54.6 Å². The van der Waals surface area contributed by atoms with E-state index in [1.807, 2.05) is 0 Å². The molecule has 0 radical (unpaired) electrons. The van der Waals surface area contributed by atoms with Gasteiger partial charge in [0.1, 0.15) is 0 Å². The summed E-state index contributed by atoms with van der Waals surface area (Å²) >= 11 is 2.43. The van der Waals surface area contributed by atoms with Gasteiger partial charge in [-0.1, -0.05) is 54.6 Å². The number of hydrogen-bond acceptors (Lipinski definition) is 3. The number of allylic oxidation sites excluding steroid dienone is 1. The smallest absolute Gasteiger partial charge is 0.0720 e. The fourth-order valence-electron chi connectivity index (χ4n) is 5.48. The van der Waals surface area contributed by atoms with Gasteiger partial charge in [0.2, 0.25) is 0 Å². The van der Waals surface area contributed by atoms with Gasteiger partial charge in [0.15, 0.2) is 0 Å². The molecule has 2 saturated heterocycles. The van der Waals surface area contributed by atoms with Gasteiger partial charge in [-0.2, -0.15) is 0 Å². The van der Waals surface area contributed by atoms with Gasteiger partial charge in [0.05, 0.1) is 6.10 Å². The summed E-state index contributed by atoms with van der Waals surface area (Å²) in [7, 11) is 0. The summed E-state index contributed by atoms with van der Waals surface area (Å²) in [5.41, 5.74) is 4.51. The first-order valence-electron chi connectivity index (χ1n) is 10.8. The minimum absolute atomic E-state index is 0.207. The summed E-state index contributed by atoms with van der Waals surface area (Å²) in [6.45, 7) is 5.06. The standard InChI is InChI=1S/C25H29IN2O/c26-22-8-4-2-6-20(22)17-27-14-10-24(29)23(18-27)28-15-12-25(13-16-28)11-9-19-5-1-3-7-21(19)25/h1-9,11,23-24,29H,10,12-18H2. The Bertz CT molecular complexity index is 903. The molecule has 2 aromatic carbocycles. The lowest BCUT2D eigenvalue weighted by molar-refractivity contribution is -0.0257. The topological polar surface area (TPSA) is 26.7 Å². The number of piperidine rings is 2. The summed E-state index contributed by atoms with van der Waals surface area (Å²) in [5, 5.41) is 10.8. The first kappa shape index (κ1) is 19.7. The van der Waals surface area contributed by atoms with Gasteiger partial charge in [-0.15, -0.1) is 0 Å². The summed E-state index contributed by atoms with van der Waals surface area (Å²) in [4.78, 5) is 5.09. The van der Waals surface area contributed by atoms with E-state index in [1.165, 1.54) is 20.3 Å². The molecule has 1 N–H and O–H groups in total. The molecule has 0 bridgehead atoms. The molecule has 5 rings (SSSR count). The second-order valence-corrected chi connectivity index (χ2v) is 10.0. The number of rotatable bonds is 3. The van der Waals surface area contributed by atoms with E-state index >= 15 is 0 Å². The van der Waals surface area contributed by atoms with E-state index in [2.05, 4.69) is 93.1 Å².